The molecule has 12 nitrogen and oxygen atoms in total. The number of oxazole rings is 1. The summed E-state index contributed by atoms with van der Waals surface area (Å²) in [5, 5.41) is 13.7. The van der Waals surface area contributed by atoms with Crippen LogP contribution >= 0.6 is 0 Å². The van der Waals surface area contributed by atoms with Crippen LogP contribution < -0.4 is 5.32 Å². The van der Waals surface area contributed by atoms with Crippen molar-refractivity contribution in [3.63, 3.8) is 0 Å². The number of nitrogens with zero attached hydrogens (tertiary/aromatic N) is 1. The van der Waals surface area contributed by atoms with Gasteiger partial charge in [-0.05, 0) is 37.7 Å². The monoisotopic (exact) mass is 606 g/mol. The Labute approximate surface area is 253 Å². The fraction of sp³-hybridized carbons (Fsp3) is 0.677. The number of amides is 1. The van der Waals surface area contributed by atoms with E-state index in [4.69, 9.17) is 23.4 Å². The molecule has 2 fully saturated rings. The first-order valence-electron chi connectivity index (χ1n) is 15.1. The summed E-state index contributed by atoms with van der Waals surface area (Å²) >= 11 is 0. The van der Waals surface area contributed by atoms with Gasteiger partial charge in [0.1, 0.15) is 18.5 Å². The number of nitrogens with one attached hydrogen (secondary N) is 1. The molecule has 7 atom stereocenters. The number of carbonyl (C=O) groups excluding carboxylic acids is 3. The van der Waals surface area contributed by atoms with Crippen molar-refractivity contribution in [3.8, 4) is 0 Å². The summed E-state index contributed by atoms with van der Waals surface area (Å²) in [7, 11) is 2.92. The number of esters is 2. The standard InChI is InChI=1S/C31H46N2O10/c1-5-9-22-15-23(38-3)14-20(2)30(36)26-17-24(16-25(41-26)18-29(35)42-22)43-28(34)12-7-6-10-21-19-40-27(33-21)11-8-13-32-31(37)39-4/h7-8,11-12,19-20,22-26,30,36H,5-6,9-10,13-18H2,1-4H3,(H,32,37)/b11-8-,12-7-/t20-,22-,23-,24-,25-,26+,30+/m0/s1. The molecule has 2 bridgehead atoms. The molecular weight excluding hydrogens is 560 g/mol. The molecule has 0 saturated carbocycles. The van der Waals surface area contributed by atoms with Crippen LogP contribution in [0.4, 0.5) is 4.79 Å². The molecule has 1 aromatic rings. The largest absolute Gasteiger partial charge is 0.462 e. The maximum Gasteiger partial charge on any atom is 0.407 e. The molecule has 240 valence electrons. The third-order valence-electron chi connectivity index (χ3n) is 7.63. The average Bonchev–Trinajstić information content (AvgIpc) is 3.43. The normalized spacial score (nSPS) is 28.6. The summed E-state index contributed by atoms with van der Waals surface area (Å²) in [6, 6.07) is 0. The van der Waals surface area contributed by atoms with Crippen molar-refractivity contribution in [1.82, 2.24) is 10.3 Å². The molecule has 0 unspecified atom stereocenters. The molecule has 2 aliphatic rings. The highest BCUT2D eigenvalue weighted by atomic mass is 16.6. The van der Waals surface area contributed by atoms with Crippen LogP contribution in [0, 0.1) is 5.92 Å². The van der Waals surface area contributed by atoms with Gasteiger partial charge in [0, 0.05) is 39.0 Å². The zero-order valence-corrected chi connectivity index (χ0v) is 25.6. The van der Waals surface area contributed by atoms with E-state index in [9.17, 15) is 19.5 Å². The number of cyclic esters (lactones) is 1. The minimum absolute atomic E-state index is 0.0238. The van der Waals surface area contributed by atoms with Gasteiger partial charge in [0.15, 0.2) is 0 Å². The van der Waals surface area contributed by atoms with Crippen molar-refractivity contribution in [2.45, 2.75) is 108 Å². The van der Waals surface area contributed by atoms with E-state index in [0.717, 1.165) is 12.8 Å². The Kier molecular flexibility index (Phi) is 14.2. The van der Waals surface area contributed by atoms with Crippen LogP contribution in [-0.2, 0) is 39.7 Å². The molecule has 1 amide bonds. The van der Waals surface area contributed by atoms with E-state index in [1.165, 1.54) is 19.4 Å². The predicted octanol–water partition coefficient (Wildman–Crippen LogP) is 3.90. The van der Waals surface area contributed by atoms with Gasteiger partial charge in [0.05, 0.1) is 43.6 Å². The number of aliphatic hydroxyl groups excluding tert-OH is 1. The first-order valence-corrected chi connectivity index (χ1v) is 15.1. The van der Waals surface area contributed by atoms with Crippen molar-refractivity contribution in [2.75, 3.05) is 20.8 Å². The molecule has 2 saturated heterocycles. The van der Waals surface area contributed by atoms with E-state index in [0.29, 0.717) is 50.1 Å². The molecular formula is C31H46N2O10. The fourth-order valence-corrected chi connectivity index (χ4v) is 5.43. The van der Waals surface area contributed by atoms with Gasteiger partial charge in [-0.3, -0.25) is 4.79 Å². The van der Waals surface area contributed by atoms with Crippen LogP contribution in [0.15, 0.2) is 28.9 Å². The Hall–Kier alpha value is -3.22. The third kappa shape index (κ3) is 11.8. The summed E-state index contributed by atoms with van der Waals surface area (Å²) in [5.41, 5.74) is 0.716. The number of allylic oxidation sites excluding steroid dienone is 1. The zero-order chi connectivity index (χ0) is 31.2. The van der Waals surface area contributed by atoms with Crippen molar-refractivity contribution in [2.24, 2.45) is 5.92 Å². The third-order valence-corrected chi connectivity index (χ3v) is 7.63. The lowest BCUT2D eigenvalue weighted by atomic mass is 9.86. The molecule has 3 heterocycles. The fourth-order valence-electron chi connectivity index (χ4n) is 5.43. The van der Waals surface area contributed by atoms with Gasteiger partial charge in [-0.2, -0.15) is 0 Å². The second kappa shape index (κ2) is 17.8. The lowest BCUT2D eigenvalue weighted by Crippen LogP contribution is -2.47. The number of aryl methyl sites for hydroxylation is 1. The van der Waals surface area contributed by atoms with E-state index in [1.54, 1.807) is 25.3 Å². The van der Waals surface area contributed by atoms with Crippen LogP contribution in [0.5, 0.6) is 0 Å². The highest BCUT2D eigenvalue weighted by Gasteiger charge is 2.39. The molecule has 3 rings (SSSR count). The summed E-state index contributed by atoms with van der Waals surface area (Å²) in [4.78, 5) is 40.8. The Bertz CT molecular complexity index is 1090. The number of aromatic nitrogens is 1. The van der Waals surface area contributed by atoms with Gasteiger partial charge in [-0.15, -0.1) is 0 Å². The van der Waals surface area contributed by atoms with Gasteiger partial charge >= 0.3 is 18.0 Å². The van der Waals surface area contributed by atoms with Crippen LogP contribution in [0.1, 0.15) is 76.8 Å². The summed E-state index contributed by atoms with van der Waals surface area (Å²) in [6.45, 7) is 4.27. The Morgan fingerprint density at radius 1 is 1.16 bits per heavy atom. The number of aliphatic hydroxyl groups is 1. The summed E-state index contributed by atoms with van der Waals surface area (Å²) in [5.74, 6) is -0.596. The number of rotatable bonds is 11. The van der Waals surface area contributed by atoms with Crippen LogP contribution in [0.25, 0.3) is 6.08 Å². The second-order valence-corrected chi connectivity index (χ2v) is 11.1. The quantitative estimate of drug-likeness (QED) is 0.214. The number of alkyl carbamates (subject to hydrolysis) is 1. The topological polar surface area (TPSA) is 156 Å². The maximum absolute atomic E-state index is 12.8. The SMILES string of the molecule is CCC[C@H]1C[C@@H](OC)C[C@H](C)[C@@H](O)[C@H]2C[C@@H](OC(=O)/C=C\CCc3coc(/C=C\CNC(=O)OC)n3)C[C@@H](CC(=O)O1)O2. The van der Waals surface area contributed by atoms with Gasteiger partial charge < -0.3 is 38.5 Å². The predicted molar refractivity (Wildman–Crippen MR) is 156 cm³/mol. The first kappa shape index (κ1) is 34.3. The molecule has 0 aromatic carbocycles. The second-order valence-electron chi connectivity index (χ2n) is 11.1. The van der Waals surface area contributed by atoms with Crippen molar-refractivity contribution >= 4 is 24.1 Å². The Morgan fingerprint density at radius 2 is 1.98 bits per heavy atom. The number of ether oxygens (including phenoxy) is 5. The van der Waals surface area contributed by atoms with E-state index < -0.39 is 36.5 Å². The van der Waals surface area contributed by atoms with Gasteiger partial charge in [0.25, 0.3) is 0 Å². The first-order chi connectivity index (χ1) is 20.7. The maximum atomic E-state index is 12.8. The van der Waals surface area contributed by atoms with Gasteiger partial charge in [0.2, 0.25) is 5.89 Å². The summed E-state index contributed by atoms with van der Waals surface area (Å²) in [6.07, 6.45) is 9.13. The molecule has 12 heteroatoms. The zero-order valence-electron chi connectivity index (χ0n) is 25.6. The molecule has 0 radical (unpaired) electrons. The van der Waals surface area contributed by atoms with E-state index in [2.05, 4.69) is 15.0 Å². The lowest BCUT2D eigenvalue weighted by molar-refractivity contribution is -0.182. The highest BCUT2D eigenvalue weighted by molar-refractivity contribution is 5.82. The molecule has 2 aliphatic heterocycles. The Balaban J connectivity index is 1.53. The van der Waals surface area contributed by atoms with Gasteiger partial charge in [-0.25, -0.2) is 14.6 Å². The van der Waals surface area contributed by atoms with Crippen LogP contribution in [0.2, 0.25) is 0 Å². The molecule has 2 N–H and O–H groups in total. The average molecular weight is 607 g/mol. The van der Waals surface area contributed by atoms with Crippen LogP contribution in [0.3, 0.4) is 0 Å². The van der Waals surface area contributed by atoms with Crippen LogP contribution in [-0.4, -0.2) is 85.5 Å². The minimum Gasteiger partial charge on any atom is -0.462 e. The molecule has 43 heavy (non-hydrogen) atoms. The summed E-state index contributed by atoms with van der Waals surface area (Å²) < 4.78 is 33.2. The lowest BCUT2D eigenvalue weighted by Gasteiger charge is -2.39. The van der Waals surface area contributed by atoms with Crippen molar-refractivity contribution in [3.05, 3.63) is 36.1 Å². The minimum atomic E-state index is -0.802. The smallest absolute Gasteiger partial charge is 0.407 e. The van der Waals surface area contributed by atoms with E-state index in [-0.39, 0.29) is 37.1 Å². The van der Waals surface area contributed by atoms with Crippen molar-refractivity contribution in [1.29, 1.82) is 0 Å². The van der Waals surface area contributed by atoms with Crippen molar-refractivity contribution < 1.29 is 47.6 Å². The number of hydrogen-bond acceptors (Lipinski definition) is 11. The van der Waals surface area contributed by atoms with E-state index >= 15 is 0 Å². The molecule has 0 spiro atoms. The number of fused-ring (bicyclic) bond motifs is 2. The number of hydrogen-bond donors (Lipinski definition) is 2. The molecule has 0 aliphatic carbocycles. The number of carbonyl (C=O) groups is 3. The highest BCUT2D eigenvalue weighted by Crippen LogP contribution is 2.32. The van der Waals surface area contributed by atoms with Gasteiger partial charge in [-0.1, -0.05) is 32.4 Å². The number of methoxy groups -OCH3 is 2. The molecule has 1 aromatic heterocycles. The Morgan fingerprint density at radius 3 is 2.72 bits per heavy atom. The van der Waals surface area contributed by atoms with E-state index in [1.807, 2.05) is 13.8 Å².